The molecule has 0 heterocycles. The summed E-state index contributed by atoms with van der Waals surface area (Å²) in [5, 5.41) is 18.6. The Morgan fingerprint density at radius 1 is 1.11 bits per heavy atom. The maximum atomic E-state index is 10.8. The second-order valence-corrected chi connectivity index (χ2v) is 6.14. The number of hydrogen-bond acceptors (Lipinski definition) is 2. The maximum absolute atomic E-state index is 10.8. The first-order valence-electron chi connectivity index (χ1n) is 6.14. The van der Waals surface area contributed by atoms with Gasteiger partial charge in [0.1, 0.15) is 0 Å². The minimum Gasteiger partial charge on any atom is -0.481 e. The van der Waals surface area contributed by atoms with Crippen LogP contribution in [0.15, 0.2) is 24.3 Å². The van der Waals surface area contributed by atoms with Gasteiger partial charge in [-0.1, -0.05) is 38.1 Å². The number of rotatable bonds is 5. The molecular weight excluding hydrogens is 228 g/mol. The smallest absolute Gasteiger partial charge is 0.304 e. The highest BCUT2D eigenvalue weighted by atomic mass is 16.4. The van der Waals surface area contributed by atoms with Gasteiger partial charge in [0.15, 0.2) is 0 Å². The molecule has 18 heavy (non-hydrogen) atoms. The molecule has 2 N–H and O–H groups in total. The van der Waals surface area contributed by atoms with Crippen molar-refractivity contribution in [1.29, 1.82) is 0 Å². The third-order valence-electron chi connectivity index (χ3n) is 2.97. The van der Waals surface area contributed by atoms with Gasteiger partial charge in [0, 0.05) is 11.8 Å². The topological polar surface area (TPSA) is 57.5 Å². The van der Waals surface area contributed by atoms with E-state index in [0.717, 1.165) is 11.1 Å². The van der Waals surface area contributed by atoms with Gasteiger partial charge >= 0.3 is 5.97 Å². The van der Waals surface area contributed by atoms with E-state index < -0.39 is 11.6 Å². The monoisotopic (exact) mass is 250 g/mol. The van der Waals surface area contributed by atoms with Gasteiger partial charge in [-0.05, 0) is 25.0 Å². The van der Waals surface area contributed by atoms with Crippen LogP contribution in [0.25, 0.3) is 0 Å². The third-order valence-corrected chi connectivity index (χ3v) is 2.97. The molecule has 0 amide bonds. The average molecular weight is 250 g/mol. The van der Waals surface area contributed by atoms with E-state index in [1.165, 1.54) is 0 Å². The molecular formula is C15H22O3. The van der Waals surface area contributed by atoms with Crippen molar-refractivity contribution >= 4 is 5.97 Å². The first kappa shape index (κ1) is 14.7. The molecule has 1 aromatic carbocycles. The average Bonchev–Trinajstić information content (AvgIpc) is 2.13. The van der Waals surface area contributed by atoms with Gasteiger partial charge in [-0.25, -0.2) is 0 Å². The van der Waals surface area contributed by atoms with Gasteiger partial charge in [0.25, 0.3) is 0 Å². The molecule has 100 valence electrons. The van der Waals surface area contributed by atoms with Gasteiger partial charge in [-0.2, -0.15) is 0 Å². The second kappa shape index (κ2) is 5.11. The molecule has 0 atom stereocenters. The molecule has 3 heteroatoms. The number of carbonyl (C=O) groups is 1. The zero-order valence-electron chi connectivity index (χ0n) is 11.5. The van der Waals surface area contributed by atoms with Crippen molar-refractivity contribution in [2.75, 3.05) is 0 Å². The van der Waals surface area contributed by atoms with Crippen LogP contribution in [-0.4, -0.2) is 21.8 Å². The molecule has 0 radical (unpaired) electrons. The van der Waals surface area contributed by atoms with Crippen LogP contribution in [0.5, 0.6) is 0 Å². The lowest BCUT2D eigenvalue weighted by Gasteiger charge is -2.24. The van der Waals surface area contributed by atoms with Gasteiger partial charge < -0.3 is 10.2 Å². The minimum atomic E-state index is -0.791. The molecule has 0 unspecified atom stereocenters. The SMILES string of the molecule is CC(C)(O)Cc1ccc(C(C)(C)CC(=O)O)cc1. The van der Waals surface area contributed by atoms with Crippen LogP contribution in [0.2, 0.25) is 0 Å². The molecule has 0 saturated carbocycles. The lowest BCUT2D eigenvalue weighted by molar-refractivity contribution is -0.138. The molecule has 0 aliphatic carbocycles. The fraction of sp³-hybridized carbons (Fsp3) is 0.533. The summed E-state index contributed by atoms with van der Waals surface area (Å²) in [4.78, 5) is 10.8. The van der Waals surface area contributed by atoms with Crippen LogP contribution in [0.4, 0.5) is 0 Å². The Labute approximate surface area is 108 Å². The number of carboxylic acid groups (broad SMARTS) is 1. The van der Waals surface area contributed by atoms with Gasteiger partial charge in [0.05, 0.1) is 12.0 Å². The van der Waals surface area contributed by atoms with Crippen LogP contribution in [0.1, 0.15) is 45.2 Å². The quantitative estimate of drug-likeness (QED) is 0.844. The Balaban J connectivity index is 2.85. The normalized spacial score (nSPS) is 12.5. The van der Waals surface area contributed by atoms with Gasteiger partial charge in [-0.15, -0.1) is 0 Å². The Hall–Kier alpha value is -1.35. The molecule has 0 spiro atoms. The van der Waals surface area contributed by atoms with Gasteiger partial charge in [-0.3, -0.25) is 4.79 Å². The number of aliphatic carboxylic acids is 1. The summed E-state index contributed by atoms with van der Waals surface area (Å²) < 4.78 is 0. The molecule has 3 nitrogen and oxygen atoms in total. The zero-order chi connectivity index (χ0) is 14.0. The van der Waals surface area contributed by atoms with Crippen LogP contribution >= 0.6 is 0 Å². The van der Waals surface area contributed by atoms with Crippen LogP contribution in [0.3, 0.4) is 0 Å². The molecule has 0 aliphatic heterocycles. The second-order valence-electron chi connectivity index (χ2n) is 6.14. The lowest BCUT2D eigenvalue weighted by atomic mass is 9.81. The standard InChI is InChI=1S/C15H22O3/c1-14(2,10-13(16)17)12-7-5-11(6-8-12)9-15(3,4)18/h5-8,18H,9-10H2,1-4H3,(H,16,17). The Morgan fingerprint density at radius 3 is 2.00 bits per heavy atom. The van der Waals surface area contributed by atoms with Crippen molar-refractivity contribution in [1.82, 2.24) is 0 Å². The van der Waals surface area contributed by atoms with E-state index in [2.05, 4.69) is 0 Å². The van der Waals surface area contributed by atoms with Crippen molar-refractivity contribution in [3.8, 4) is 0 Å². The van der Waals surface area contributed by atoms with E-state index in [4.69, 9.17) is 5.11 Å². The molecule has 0 saturated heterocycles. The van der Waals surface area contributed by atoms with E-state index in [1.54, 1.807) is 13.8 Å². The summed E-state index contributed by atoms with van der Waals surface area (Å²) in [6.07, 6.45) is 0.699. The molecule has 0 aromatic heterocycles. The van der Waals surface area contributed by atoms with Crippen molar-refractivity contribution in [2.24, 2.45) is 0 Å². The highest BCUT2D eigenvalue weighted by Crippen LogP contribution is 2.27. The van der Waals surface area contributed by atoms with E-state index in [0.29, 0.717) is 6.42 Å². The van der Waals surface area contributed by atoms with Crippen LogP contribution in [-0.2, 0) is 16.6 Å². The fourth-order valence-corrected chi connectivity index (χ4v) is 2.05. The van der Waals surface area contributed by atoms with Crippen molar-refractivity contribution < 1.29 is 15.0 Å². The first-order chi connectivity index (χ1) is 8.10. The summed E-state index contributed by atoms with van der Waals surface area (Å²) in [5.74, 6) is -0.791. The summed E-state index contributed by atoms with van der Waals surface area (Å²) in [7, 11) is 0. The number of aliphatic hydroxyl groups is 1. The lowest BCUT2D eigenvalue weighted by Crippen LogP contribution is -2.23. The summed E-state index contributed by atoms with van der Waals surface area (Å²) in [5.41, 5.74) is 0.957. The fourth-order valence-electron chi connectivity index (χ4n) is 2.05. The van der Waals surface area contributed by atoms with E-state index >= 15 is 0 Å². The largest absolute Gasteiger partial charge is 0.481 e. The molecule has 1 aromatic rings. The van der Waals surface area contributed by atoms with Gasteiger partial charge in [0.2, 0.25) is 0 Å². The van der Waals surface area contributed by atoms with Crippen LogP contribution in [0, 0.1) is 0 Å². The predicted molar refractivity (Wildman–Crippen MR) is 71.7 cm³/mol. The first-order valence-corrected chi connectivity index (χ1v) is 6.14. The van der Waals surface area contributed by atoms with E-state index in [9.17, 15) is 9.90 Å². The third kappa shape index (κ3) is 4.49. The van der Waals surface area contributed by atoms with Crippen molar-refractivity contribution in [2.45, 2.75) is 51.6 Å². The van der Waals surface area contributed by atoms with Crippen molar-refractivity contribution in [3.05, 3.63) is 35.4 Å². The highest BCUT2D eigenvalue weighted by Gasteiger charge is 2.24. The van der Waals surface area contributed by atoms with Crippen LogP contribution < -0.4 is 0 Å². The van der Waals surface area contributed by atoms with Crippen molar-refractivity contribution in [3.63, 3.8) is 0 Å². The summed E-state index contributed by atoms with van der Waals surface area (Å²) in [6.45, 7) is 7.39. The maximum Gasteiger partial charge on any atom is 0.304 e. The summed E-state index contributed by atoms with van der Waals surface area (Å²) >= 11 is 0. The zero-order valence-corrected chi connectivity index (χ0v) is 11.5. The van der Waals surface area contributed by atoms with E-state index in [1.807, 2.05) is 38.1 Å². The Bertz CT molecular complexity index is 410. The molecule has 0 bridgehead atoms. The van der Waals surface area contributed by atoms with E-state index in [-0.39, 0.29) is 11.8 Å². The number of hydrogen-bond donors (Lipinski definition) is 2. The Morgan fingerprint density at radius 2 is 1.61 bits per heavy atom. The molecule has 0 aliphatic rings. The minimum absolute atomic E-state index is 0.109. The highest BCUT2D eigenvalue weighted by molar-refractivity contribution is 5.68. The summed E-state index contributed by atoms with van der Waals surface area (Å²) in [6, 6.07) is 7.81. The Kier molecular flexibility index (Phi) is 4.17. The molecule has 1 rings (SSSR count). The number of carboxylic acids is 1. The molecule has 0 fully saturated rings. The number of benzene rings is 1. The predicted octanol–water partition coefficient (Wildman–Crippen LogP) is 2.75.